The molecule has 0 aromatic carbocycles. The van der Waals surface area contributed by atoms with Gasteiger partial charge in [0.25, 0.3) is 0 Å². The van der Waals surface area contributed by atoms with E-state index in [2.05, 4.69) is 31.4 Å². The lowest BCUT2D eigenvalue weighted by atomic mass is 10.3. The summed E-state index contributed by atoms with van der Waals surface area (Å²) >= 11 is 0. The third-order valence-electron chi connectivity index (χ3n) is 2.32. The fourth-order valence-corrected chi connectivity index (χ4v) is 1.55. The first-order valence-corrected chi connectivity index (χ1v) is 5.20. The van der Waals surface area contributed by atoms with Gasteiger partial charge in [0, 0.05) is 39.3 Å². The topological polar surface area (TPSA) is 35.6 Å². The molecule has 13 heavy (non-hydrogen) atoms. The Hall–Kier alpha value is -0.180. The van der Waals surface area contributed by atoms with E-state index in [1.54, 1.807) is 0 Å². The number of carbonyl (C=O) groups excluding carboxylic acids is 1. The second-order valence-electron chi connectivity index (χ2n) is 3.44. The number of nitrogens with zero attached hydrogens (tertiary/aromatic N) is 2. The highest BCUT2D eigenvalue weighted by atomic mass is 31.0. The van der Waals surface area contributed by atoms with E-state index in [0.29, 0.717) is 0 Å². The van der Waals surface area contributed by atoms with Crippen LogP contribution in [-0.4, -0.2) is 61.8 Å². The SMILES string of the molecule is CN1CCN(CCNC(=O)P)CC1. The van der Waals surface area contributed by atoms with Gasteiger partial charge in [0.2, 0.25) is 5.65 Å². The number of piperazine rings is 1. The molecule has 76 valence electrons. The van der Waals surface area contributed by atoms with Crippen LogP contribution in [0.1, 0.15) is 0 Å². The van der Waals surface area contributed by atoms with E-state index in [1.807, 2.05) is 0 Å². The van der Waals surface area contributed by atoms with Crippen molar-refractivity contribution in [3.63, 3.8) is 0 Å². The van der Waals surface area contributed by atoms with Gasteiger partial charge in [0.15, 0.2) is 0 Å². The van der Waals surface area contributed by atoms with E-state index in [0.717, 1.165) is 39.3 Å². The Kier molecular flexibility index (Phi) is 4.64. The van der Waals surface area contributed by atoms with Crippen LogP contribution in [0.25, 0.3) is 0 Å². The Morgan fingerprint density at radius 1 is 1.38 bits per heavy atom. The smallest absolute Gasteiger partial charge is 0.234 e. The third kappa shape index (κ3) is 4.55. The minimum absolute atomic E-state index is 0.0193. The van der Waals surface area contributed by atoms with Crippen molar-refractivity contribution in [3.8, 4) is 0 Å². The van der Waals surface area contributed by atoms with Crippen molar-refractivity contribution in [2.24, 2.45) is 0 Å². The van der Waals surface area contributed by atoms with Gasteiger partial charge < -0.3 is 10.2 Å². The van der Waals surface area contributed by atoms with E-state index in [1.165, 1.54) is 0 Å². The van der Waals surface area contributed by atoms with Gasteiger partial charge in [-0.2, -0.15) is 0 Å². The molecule has 1 saturated heterocycles. The zero-order valence-corrected chi connectivity index (χ0v) is 9.28. The molecule has 1 amide bonds. The molecule has 0 saturated carbocycles. The number of carbonyl (C=O) groups is 1. The van der Waals surface area contributed by atoms with Gasteiger partial charge in [-0.05, 0) is 16.3 Å². The molecule has 1 aliphatic heterocycles. The summed E-state index contributed by atoms with van der Waals surface area (Å²) in [5, 5.41) is 2.77. The summed E-state index contributed by atoms with van der Waals surface area (Å²) in [4.78, 5) is 15.3. The van der Waals surface area contributed by atoms with E-state index in [4.69, 9.17) is 0 Å². The molecule has 4 nitrogen and oxygen atoms in total. The first-order chi connectivity index (χ1) is 6.18. The highest BCUT2D eigenvalue weighted by molar-refractivity contribution is 7.39. The van der Waals surface area contributed by atoms with Crippen LogP contribution in [0.3, 0.4) is 0 Å². The van der Waals surface area contributed by atoms with E-state index < -0.39 is 0 Å². The van der Waals surface area contributed by atoms with Crippen LogP contribution in [0.5, 0.6) is 0 Å². The largest absolute Gasteiger partial charge is 0.352 e. The quantitative estimate of drug-likeness (QED) is 0.646. The van der Waals surface area contributed by atoms with Gasteiger partial charge in [-0.1, -0.05) is 0 Å². The molecule has 1 fully saturated rings. The van der Waals surface area contributed by atoms with Crippen molar-refractivity contribution in [1.29, 1.82) is 0 Å². The standard InChI is InChI=1S/C8H18N3OP/c1-10-4-6-11(7-5-10)3-2-9-8(12)13/h2-7,13H2,1H3,(H,9,12). The predicted octanol–water partition coefficient (Wildman–Crippen LogP) is -0.182. The number of nitrogens with one attached hydrogen (secondary N) is 1. The monoisotopic (exact) mass is 203 g/mol. The Bertz CT molecular complexity index is 169. The van der Waals surface area contributed by atoms with Crippen molar-refractivity contribution in [3.05, 3.63) is 0 Å². The molecule has 0 spiro atoms. The molecule has 1 heterocycles. The number of amides is 1. The fraction of sp³-hybridized carbons (Fsp3) is 0.875. The third-order valence-corrected chi connectivity index (χ3v) is 2.53. The lowest BCUT2D eigenvalue weighted by molar-refractivity contribution is 0.155. The van der Waals surface area contributed by atoms with Crippen molar-refractivity contribution in [1.82, 2.24) is 15.1 Å². The van der Waals surface area contributed by atoms with Crippen LogP contribution < -0.4 is 5.32 Å². The maximum atomic E-state index is 10.6. The fourth-order valence-electron chi connectivity index (χ4n) is 1.41. The van der Waals surface area contributed by atoms with Gasteiger partial charge in [0.05, 0.1) is 0 Å². The molecule has 5 heteroatoms. The Morgan fingerprint density at radius 3 is 2.54 bits per heavy atom. The summed E-state index contributed by atoms with van der Waals surface area (Å²) in [6.45, 7) is 6.22. The highest BCUT2D eigenvalue weighted by Gasteiger charge is 2.12. The van der Waals surface area contributed by atoms with E-state index in [-0.39, 0.29) is 5.65 Å². The lowest BCUT2D eigenvalue weighted by Gasteiger charge is -2.32. The Labute approximate surface area is 81.8 Å². The molecule has 1 atom stereocenters. The number of hydrogen-bond donors (Lipinski definition) is 1. The van der Waals surface area contributed by atoms with Gasteiger partial charge in [-0.25, -0.2) is 0 Å². The predicted molar refractivity (Wildman–Crippen MR) is 57.0 cm³/mol. The number of likely N-dealkylation sites (N-methyl/N-ethyl adjacent to an activating group) is 1. The molecule has 0 bridgehead atoms. The van der Waals surface area contributed by atoms with Crippen LogP contribution in [0.2, 0.25) is 0 Å². The number of hydrogen-bond acceptors (Lipinski definition) is 3. The zero-order valence-electron chi connectivity index (χ0n) is 8.12. The molecule has 0 aromatic heterocycles. The molecular formula is C8H18N3OP. The van der Waals surface area contributed by atoms with Crippen LogP contribution in [0, 0.1) is 0 Å². The van der Waals surface area contributed by atoms with Crippen molar-refractivity contribution < 1.29 is 4.79 Å². The van der Waals surface area contributed by atoms with E-state index in [9.17, 15) is 4.79 Å². The van der Waals surface area contributed by atoms with Crippen LogP contribution in [0.4, 0.5) is 4.79 Å². The summed E-state index contributed by atoms with van der Waals surface area (Å²) in [5.41, 5.74) is -0.0193. The van der Waals surface area contributed by atoms with Crippen LogP contribution in [-0.2, 0) is 0 Å². The molecule has 0 radical (unpaired) electrons. The summed E-state index contributed by atoms with van der Waals surface area (Å²) in [7, 11) is 4.27. The summed E-state index contributed by atoms with van der Waals surface area (Å²) in [6, 6.07) is 0. The molecule has 1 unspecified atom stereocenters. The van der Waals surface area contributed by atoms with Crippen molar-refractivity contribution >= 4 is 14.9 Å². The maximum Gasteiger partial charge on any atom is 0.234 e. The van der Waals surface area contributed by atoms with Gasteiger partial charge in [0.1, 0.15) is 0 Å². The second kappa shape index (κ2) is 5.53. The van der Waals surface area contributed by atoms with Crippen LogP contribution >= 0.6 is 9.24 Å². The normalized spacial score (nSPS) is 20.2. The molecule has 1 aliphatic rings. The Morgan fingerprint density at radius 2 is 2.00 bits per heavy atom. The molecule has 0 aromatic rings. The van der Waals surface area contributed by atoms with Gasteiger partial charge >= 0.3 is 0 Å². The summed E-state index contributed by atoms with van der Waals surface area (Å²) < 4.78 is 0. The molecule has 0 aliphatic carbocycles. The summed E-state index contributed by atoms with van der Waals surface area (Å²) in [5.74, 6) is 0. The molecular weight excluding hydrogens is 185 g/mol. The van der Waals surface area contributed by atoms with Crippen molar-refractivity contribution in [2.75, 3.05) is 46.3 Å². The minimum Gasteiger partial charge on any atom is -0.352 e. The number of rotatable bonds is 3. The first-order valence-electron chi connectivity index (χ1n) is 4.62. The minimum atomic E-state index is -0.0193. The molecule has 1 rings (SSSR count). The average Bonchev–Trinajstić information content (AvgIpc) is 2.08. The zero-order chi connectivity index (χ0) is 9.68. The lowest BCUT2D eigenvalue weighted by Crippen LogP contribution is -2.46. The van der Waals surface area contributed by atoms with Gasteiger partial charge in [-0.3, -0.25) is 9.69 Å². The maximum absolute atomic E-state index is 10.6. The second-order valence-corrected chi connectivity index (χ2v) is 3.96. The first kappa shape index (κ1) is 10.9. The Balaban J connectivity index is 2.05. The van der Waals surface area contributed by atoms with Crippen LogP contribution in [0.15, 0.2) is 0 Å². The highest BCUT2D eigenvalue weighted by Crippen LogP contribution is 1.97. The molecule has 1 N–H and O–H groups in total. The van der Waals surface area contributed by atoms with E-state index >= 15 is 0 Å². The van der Waals surface area contributed by atoms with Gasteiger partial charge in [-0.15, -0.1) is 0 Å². The van der Waals surface area contributed by atoms with Crippen molar-refractivity contribution in [2.45, 2.75) is 0 Å². The average molecular weight is 203 g/mol. The summed E-state index contributed by atoms with van der Waals surface area (Å²) in [6.07, 6.45) is 0.